The molecule has 2 aliphatic rings. The predicted octanol–water partition coefficient (Wildman–Crippen LogP) is 6.75. The summed E-state index contributed by atoms with van der Waals surface area (Å²) in [6.07, 6.45) is 0. The first-order valence-electron chi connectivity index (χ1n) is 12.7. The lowest BCUT2D eigenvalue weighted by Crippen LogP contribution is -2.54. The molecule has 0 aliphatic carbocycles. The summed E-state index contributed by atoms with van der Waals surface area (Å²) < 4.78 is 0. The lowest BCUT2D eigenvalue weighted by atomic mass is 9.90. The van der Waals surface area contributed by atoms with Crippen molar-refractivity contribution in [2.24, 2.45) is 10.2 Å². The van der Waals surface area contributed by atoms with Gasteiger partial charge in [-0.2, -0.15) is 10.2 Å². The number of ketones is 1. The number of rotatable bonds is 5. The second-order valence-electron chi connectivity index (χ2n) is 9.72. The first-order valence-corrected chi connectivity index (χ1v) is 13.6. The minimum Gasteiger partial charge on any atom is -0.292 e. The number of hydrogen-bond acceptors (Lipinski definition) is 8. The number of carbonyl (C=O) groups is 1. The van der Waals surface area contributed by atoms with E-state index in [9.17, 15) is 14.9 Å². The third-order valence-electron chi connectivity index (χ3n) is 6.99. The van der Waals surface area contributed by atoms with Crippen molar-refractivity contribution in [3.8, 4) is 0 Å². The fourth-order valence-electron chi connectivity index (χ4n) is 5.05. The Morgan fingerprint density at radius 3 is 2.17 bits per heavy atom. The predicted molar refractivity (Wildman–Crippen MR) is 160 cm³/mol. The van der Waals surface area contributed by atoms with Crippen LogP contribution in [0.4, 0.5) is 17.1 Å². The second kappa shape index (κ2) is 9.77. The molecular weight excluding hydrogens is 522 g/mol. The largest absolute Gasteiger partial charge is 0.292 e. The molecule has 0 saturated carbocycles. The van der Waals surface area contributed by atoms with Crippen LogP contribution in [0.15, 0.2) is 107 Å². The molecule has 0 bridgehead atoms. The van der Waals surface area contributed by atoms with E-state index in [1.54, 1.807) is 17.1 Å². The molecule has 0 amide bonds. The van der Waals surface area contributed by atoms with Gasteiger partial charge in [0.15, 0.2) is 10.8 Å². The Kier molecular flexibility index (Phi) is 6.23. The van der Waals surface area contributed by atoms with Gasteiger partial charge < -0.3 is 0 Å². The SMILES string of the molecule is CC(=O)C1=NN(c2ccc([N+](=O)[O-])cc2)[C@@]2(S1)c1ccccc1C(c1cc(C)ccc1C)=NN2c1ccccc1. The number of anilines is 2. The summed E-state index contributed by atoms with van der Waals surface area (Å²) in [6, 6.07) is 30.3. The molecule has 0 fully saturated rings. The van der Waals surface area contributed by atoms with Crippen LogP contribution in [-0.2, 0) is 9.79 Å². The van der Waals surface area contributed by atoms with Crippen LogP contribution < -0.4 is 10.0 Å². The molecule has 0 unspecified atom stereocenters. The van der Waals surface area contributed by atoms with Crippen molar-refractivity contribution in [3.05, 3.63) is 135 Å². The smallest absolute Gasteiger partial charge is 0.269 e. The fraction of sp³-hybridized carbons (Fsp3) is 0.129. The van der Waals surface area contributed by atoms with Gasteiger partial charge in [0.25, 0.3) is 5.69 Å². The summed E-state index contributed by atoms with van der Waals surface area (Å²) >= 11 is 1.32. The van der Waals surface area contributed by atoms with Gasteiger partial charge in [0.2, 0.25) is 4.99 Å². The van der Waals surface area contributed by atoms with Gasteiger partial charge in [-0.1, -0.05) is 60.2 Å². The molecule has 8 nitrogen and oxygen atoms in total. The number of carbonyl (C=O) groups excluding carboxylic acids is 1. The van der Waals surface area contributed by atoms with Gasteiger partial charge in [0.05, 0.1) is 22.0 Å². The van der Waals surface area contributed by atoms with Crippen molar-refractivity contribution in [3.63, 3.8) is 0 Å². The number of aryl methyl sites for hydroxylation is 2. The van der Waals surface area contributed by atoms with Crippen LogP contribution in [-0.4, -0.2) is 21.5 Å². The van der Waals surface area contributed by atoms with Crippen LogP contribution in [0.25, 0.3) is 0 Å². The minimum absolute atomic E-state index is 0.0281. The summed E-state index contributed by atoms with van der Waals surface area (Å²) in [5, 5.41) is 25.5. The van der Waals surface area contributed by atoms with Crippen molar-refractivity contribution in [2.75, 3.05) is 10.0 Å². The standard InChI is InChI=1S/C31H25N5O3S/c1-20-13-14-21(2)27(19-20)29-26-11-7-8-12-28(26)31(34(32-29)23-9-5-4-6-10-23)35(33-30(40-31)22(3)37)24-15-17-25(18-16-24)36(38)39/h4-19H,1-3H3/t31-/m1/s1. The lowest BCUT2D eigenvalue weighted by Gasteiger charge is -2.47. The van der Waals surface area contributed by atoms with E-state index in [0.29, 0.717) is 10.7 Å². The van der Waals surface area contributed by atoms with Gasteiger partial charge in [0.1, 0.15) is 0 Å². The van der Waals surface area contributed by atoms with E-state index >= 15 is 0 Å². The molecule has 1 spiro atoms. The lowest BCUT2D eigenvalue weighted by molar-refractivity contribution is -0.384. The van der Waals surface area contributed by atoms with E-state index in [4.69, 9.17) is 10.2 Å². The fourth-order valence-corrected chi connectivity index (χ4v) is 6.34. The number of non-ortho nitro benzene ring substituents is 1. The summed E-state index contributed by atoms with van der Waals surface area (Å²) in [5.74, 6) is -0.177. The third kappa shape index (κ3) is 4.06. The van der Waals surface area contributed by atoms with Crippen LogP contribution in [0.2, 0.25) is 0 Å². The zero-order valence-electron chi connectivity index (χ0n) is 22.1. The zero-order chi connectivity index (χ0) is 28.0. The maximum absolute atomic E-state index is 12.8. The van der Waals surface area contributed by atoms with Crippen molar-refractivity contribution in [1.29, 1.82) is 0 Å². The molecule has 198 valence electrons. The van der Waals surface area contributed by atoms with Gasteiger partial charge in [-0.3, -0.25) is 14.9 Å². The van der Waals surface area contributed by atoms with Gasteiger partial charge >= 0.3 is 0 Å². The number of hydrazone groups is 2. The Balaban J connectivity index is 1.66. The highest BCUT2D eigenvalue weighted by Gasteiger charge is 2.56. The zero-order valence-corrected chi connectivity index (χ0v) is 22.9. The summed E-state index contributed by atoms with van der Waals surface area (Å²) in [5.41, 5.74) is 7.23. The Bertz CT molecular complexity index is 1720. The molecule has 2 aliphatic heterocycles. The molecule has 4 aromatic rings. The van der Waals surface area contributed by atoms with Crippen molar-refractivity contribution in [1.82, 2.24) is 0 Å². The number of nitrogens with zero attached hydrogens (tertiary/aromatic N) is 5. The monoisotopic (exact) mass is 547 g/mol. The summed E-state index contributed by atoms with van der Waals surface area (Å²) in [7, 11) is 0. The summed E-state index contributed by atoms with van der Waals surface area (Å²) in [4.78, 5) is 22.6. The first-order chi connectivity index (χ1) is 19.3. The van der Waals surface area contributed by atoms with Crippen LogP contribution in [0.3, 0.4) is 0 Å². The molecule has 0 radical (unpaired) electrons. The van der Waals surface area contributed by atoms with Crippen molar-refractivity contribution >= 4 is 45.4 Å². The van der Waals surface area contributed by atoms with Crippen LogP contribution in [0.5, 0.6) is 0 Å². The third-order valence-corrected chi connectivity index (χ3v) is 8.41. The van der Waals surface area contributed by atoms with Crippen molar-refractivity contribution in [2.45, 2.75) is 25.8 Å². The number of thioether (sulfide) groups is 1. The molecule has 2 heterocycles. The second-order valence-corrected chi connectivity index (χ2v) is 10.9. The van der Waals surface area contributed by atoms with Gasteiger partial charge in [-0.25, -0.2) is 10.0 Å². The quantitative estimate of drug-likeness (QED) is 0.203. The molecule has 6 rings (SSSR count). The van der Waals surface area contributed by atoms with E-state index in [1.807, 2.05) is 59.6 Å². The van der Waals surface area contributed by atoms with Crippen molar-refractivity contribution < 1.29 is 9.72 Å². The maximum atomic E-state index is 12.8. The topological polar surface area (TPSA) is 91.4 Å². The first kappa shape index (κ1) is 25.5. The summed E-state index contributed by atoms with van der Waals surface area (Å²) in [6.45, 7) is 5.62. The number of Topliss-reactive ketones (excluding diaryl/α,β-unsaturated/α-hetero) is 1. The molecule has 9 heteroatoms. The maximum Gasteiger partial charge on any atom is 0.269 e. The highest BCUT2D eigenvalue weighted by molar-refractivity contribution is 8.17. The molecular formula is C31H25N5O3S. The van der Waals surface area contributed by atoms with Crippen LogP contribution in [0, 0.1) is 24.0 Å². The normalized spacial score (nSPS) is 17.9. The van der Waals surface area contributed by atoms with E-state index in [1.165, 1.54) is 30.8 Å². The number of fused-ring (bicyclic) bond motifs is 2. The van der Waals surface area contributed by atoms with E-state index in [2.05, 4.69) is 32.0 Å². The van der Waals surface area contributed by atoms with E-state index < -0.39 is 9.92 Å². The van der Waals surface area contributed by atoms with E-state index in [0.717, 1.165) is 39.2 Å². The average Bonchev–Trinajstić information content (AvgIpc) is 3.37. The number of benzene rings is 4. The molecule has 0 aromatic heterocycles. The molecule has 1 atom stereocenters. The Morgan fingerprint density at radius 2 is 1.48 bits per heavy atom. The van der Waals surface area contributed by atoms with Crippen LogP contribution >= 0.6 is 11.8 Å². The Labute approximate surface area is 235 Å². The average molecular weight is 548 g/mol. The number of hydrogen-bond donors (Lipinski definition) is 0. The molecule has 40 heavy (non-hydrogen) atoms. The minimum atomic E-state index is -1.11. The molecule has 0 saturated heterocycles. The van der Waals surface area contributed by atoms with E-state index in [-0.39, 0.29) is 11.5 Å². The number of nitro groups is 1. The highest BCUT2D eigenvalue weighted by atomic mass is 32.2. The highest BCUT2D eigenvalue weighted by Crippen LogP contribution is 2.55. The Hall–Kier alpha value is -4.76. The number of nitro benzene ring substituents is 1. The molecule has 0 N–H and O–H groups in total. The van der Waals surface area contributed by atoms with Gasteiger partial charge in [-0.05, 0) is 61.5 Å². The Morgan fingerprint density at radius 1 is 0.825 bits per heavy atom. The van der Waals surface area contributed by atoms with Crippen LogP contribution in [0.1, 0.15) is 34.7 Å². The number of para-hydroxylation sites is 1. The molecule has 4 aromatic carbocycles. The van der Waals surface area contributed by atoms with Gasteiger partial charge in [0, 0.05) is 35.7 Å². The van der Waals surface area contributed by atoms with Gasteiger partial charge in [-0.15, -0.1) is 0 Å².